The molecule has 1 amide bonds. The second kappa shape index (κ2) is 10.4. The summed E-state index contributed by atoms with van der Waals surface area (Å²) >= 11 is 0. The van der Waals surface area contributed by atoms with Gasteiger partial charge in [0.25, 0.3) is 5.91 Å². The fourth-order valence-electron chi connectivity index (χ4n) is 5.95. The van der Waals surface area contributed by atoms with Gasteiger partial charge in [-0.25, -0.2) is 0 Å². The fourth-order valence-corrected chi connectivity index (χ4v) is 5.95. The number of fused-ring (bicyclic) bond motifs is 1. The molecule has 1 saturated carbocycles. The second-order valence-electron chi connectivity index (χ2n) is 11.5. The lowest BCUT2D eigenvalue weighted by Crippen LogP contribution is -2.43. The minimum atomic E-state index is -0.596. The third kappa shape index (κ3) is 5.65. The van der Waals surface area contributed by atoms with E-state index in [2.05, 4.69) is 35.7 Å². The first-order valence-corrected chi connectivity index (χ1v) is 13.5. The highest BCUT2D eigenvalue weighted by atomic mass is 16.5. The molecule has 5 rings (SSSR count). The monoisotopic (exact) mass is 502 g/mol. The van der Waals surface area contributed by atoms with E-state index in [9.17, 15) is 14.7 Å². The Morgan fingerprint density at radius 2 is 1.73 bits per heavy atom. The average Bonchev–Trinajstić information content (AvgIpc) is 3.20. The van der Waals surface area contributed by atoms with Crippen molar-refractivity contribution in [2.75, 3.05) is 13.1 Å². The molecule has 1 unspecified atom stereocenters. The molecule has 6 nitrogen and oxygen atoms in total. The van der Waals surface area contributed by atoms with E-state index in [0.717, 1.165) is 55.6 Å². The number of allylic oxidation sites excluding steroid dienone is 1. The lowest BCUT2D eigenvalue weighted by Gasteiger charge is -2.37. The van der Waals surface area contributed by atoms with Crippen LogP contribution in [0.5, 0.6) is 5.75 Å². The summed E-state index contributed by atoms with van der Waals surface area (Å²) in [7, 11) is 0. The molecule has 2 aromatic carbocycles. The Labute approximate surface area is 219 Å². The van der Waals surface area contributed by atoms with E-state index in [1.54, 1.807) is 4.90 Å². The number of aliphatic hydroxyl groups is 1. The molecule has 2 fully saturated rings. The van der Waals surface area contributed by atoms with E-state index in [0.29, 0.717) is 43.2 Å². The van der Waals surface area contributed by atoms with Crippen molar-refractivity contribution < 1.29 is 19.4 Å². The van der Waals surface area contributed by atoms with Gasteiger partial charge in [-0.2, -0.15) is 0 Å². The van der Waals surface area contributed by atoms with Crippen LogP contribution in [-0.2, 0) is 24.5 Å². The van der Waals surface area contributed by atoms with Gasteiger partial charge in [-0.1, -0.05) is 42.5 Å². The molecular weight excluding hydrogens is 464 g/mol. The van der Waals surface area contributed by atoms with Gasteiger partial charge in [-0.3, -0.25) is 14.5 Å². The van der Waals surface area contributed by atoms with E-state index < -0.39 is 5.60 Å². The van der Waals surface area contributed by atoms with Crippen LogP contribution in [0.1, 0.15) is 73.0 Å². The van der Waals surface area contributed by atoms with Crippen LogP contribution in [0.4, 0.5) is 0 Å². The summed E-state index contributed by atoms with van der Waals surface area (Å²) in [6.45, 7) is 11.5. The van der Waals surface area contributed by atoms with Crippen molar-refractivity contribution >= 4 is 11.7 Å². The van der Waals surface area contributed by atoms with Crippen molar-refractivity contribution in [2.24, 2.45) is 5.92 Å². The number of hydrogen-bond acceptors (Lipinski definition) is 5. The molecule has 196 valence electrons. The molecule has 0 aromatic heterocycles. The Morgan fingerprint density at radius 1 is 1.03 bits per heavy atom. The highest BCUT2D eigenvalue weighted by Crippen LogP contribution is 2.35. The van der Waals surface area contributed by atoms with Gasteiger partial charge in [-0.05, 0) is 81.8 Å². The summed E-state index contributed by atoms with van der Waals surface area (Å²) in [6, 6.07) is 13.7. The number of ether oxygens (including phenoxy) is 1. The smallest absolute Gasteiger partial charge is 0.255 e. The number of hydrogen-bond donors (Lipinski definition) is 1. The molecule has 1 atom stereocenters. The van der Waals surface area contributed by atoms with Crippen molar-refractivity contribution in [3.05, 3.63) is 76.9 Å². The van der Waals surface area contributed by atoms with Crippen molar-refractivity contribution in [1.82, 2.24) is 9.80 Å². The van der Waals surface area contributed by atoms with E-state index in [1.165, 1.54) is 5.56 Å². The van der Waals surface area contributed by atoms with E-state index in [1.807, 2.05) is 32.0 Å². The topological polar surface area (TPSA) is 70.1 Å². The molecule has 6 heteroatoms. The second-order valence-corrected chi connectivity index (χ2v) is 11.5. The summed E-state index contributed by atoms with van der Waals surface area (Å²) in [5.41, 5.74) is 4.21. The first-order valence-electron chi connectivity index (χ1n) is 13.5. The van der Waals surface area contributed by atoms with Crippen molar-refractivity contribution in [1.29, 1.82) is 0 Å². The molecule has 0 spiro atoms. The summed E-state index contributed by atoms with van der Waals surface area (Å²) in [5, 5.41) is 10.3. The maximum Gasteiger partial charge on any atom is 0.255 e. The predicted molar refractivity (Wildman–Crippen MR) is 143 cm³/mol. The Hall–Kier alpha value is -2.96. The Bertz CT molecular complexity index is 1170. The molecule has 1 saturated heterocycles. The van der Waals surface area contributed by atoms with Crippen LogP contribution in [0.2, 0.25) is 0 Å². The van der Waals surface area contributed by atoms with Crippen LogP contribution in [0.25, 0.3) is 0 Å². The molecule has 3 aliphatic rings. The normalized spacial score (nSPS) is 21.4. The van der Waals surface area contributed by atoms with Gasteiger partial charge in [0.05, 0.1) is 18.2 Å². The first-order chi connectivity index (χ1) is 17.7. The number of likely N-dealkylation sites (tertiary alicyclic amines) is 1. The van der Waals surface area contributed by atoms with Crippen LogP contribution in [0, 0.1) is 5.92 Å². The van der Waals surface area contributed by atoms with Gasteiger partial charge in [0.15, 0.2) is 5.78 Å². The standard InChI is InChI=1S/C31H38N2O4/c1-21-7-12-27(28(34)17-21)33-19-26-25(30(33)35)5-4-6-29(26)37-20-23-10-8-22(9-11-23)18-32-15-13-24(14-16-32)31(2,3)36/h4-6,8-11,24,27,36H,1,7,12-20H2,2-3H3. The van der Waals surface area contributed by atoms with E-state index >= 15 is 0 Å². The molecule has 1 N–H and O–H groups in total. The quantitative estimate of drug-likeness (QED) is 0.547. The zero-order chi connectivity index (χ0) is 26.2. The number of benzene rings is 2. The molecule has 37 heavy (non-hydrogen) atoms. The number of Topliss-reactive ketones (excluding diaryl/α,β-unsaturated/α-hetero) is 1. The highest BCUT2D eigenvalue weighted by molar-refractivity contribution is 6.02. The molecule has 1 aliphatic carbocycles. The highest BCUT2D eigenvalue weighted by Gasteiger charge is 2.39. The zero-order valence-corrected chi connectivity index (χ0v) is 22.0. The summed E-state index contributed by atoms with van der Waals surface area (Å²) in [5.74, 6) is 1.08. The fraction of sp³-hybridized carbons (Fsp3) is 0.484. The van der Waals surface area contributed by atoms with Crippen LogP contribution in [-0.4, -0.2) is 51.3 Å². The molecule has 0 bridgehead atoms. The van der Waals surface area contributed by atoms with Gasteiger partial charge < -0.3 is 14.7 Å². The number of carbonyl (C=O) groups excluding carboxylic acids is 2. The minimum absolute atomic E-state index is 0.0812. The Morgan fingerprint density at radius 3 is 2.41 bits per heavy atom. The van der Waals surface area contributed by atoms with Gasteiger partial charge >= 0.3 is 0 Å². The molecule has 2 aliphatic heterocycles. The van der Waals surface area contributed by atoms with Crippen LogP contribution < -0.4 is 4.74 Å². The largest absolute Gasteiger partial charge is 0.489 e. The summed E-state index contributed by atoms with van der Waals surface area (Å²) in [4.78, 5) is 29.9. The van der Waals surface area contributed by atoms with Gasteiger partial charge in [0.2, 0.25) is 0 Å². The third-order valence-corrected chi connectivity index (χ3v) is 8.31. The minimum Gasteiger partial charge on any atom is -0.489 e. The van der Waals surface area contributed by atoms with Crippen LogP contribution >= 0.6 is 0 Å². The third-order valence-electron chi connectivity index (χ3n) is 8.31. The van der Waals surface area contributed by atoms with Gasteiger partial charge in [0.1, 0.15) is 12.4 Å². The van der Waals surface area contributed by atoms with Crippen molar-refractivity contribution in [3.63, 3.8) is 0 Å². The SMILES string of the molecule is C=C1CCC(N2Cc3c(OCc4ccc(CN5CCC(C(C)(C)O)CC5)cc4)cccc3C2=O)C(=O)C1. The molecular formula is C31H38N2O4. The first kappa shape index (κ1) is 25.7. The lowest BCUT2D eigenvalue weighted by atomic mass is 9.83. The Balaban J connectivity index is 1.17. The van der Waals surface area contributed by atoms with Crippen LogP contribution in [0.3, 0.4) is 0 Å². The maximum absolute atomic E-state index is 13.1. The zero-order valence-electron chi connectivity index (χ0n) is 22.0. The number of rotatable bonds is 7. The number of piperidine rings is 1. The van der Waals surface area contributed by atoms with Crippen molar-refractivity contribution in [2.45, 2.75) is 77.3 Å². The number of nitrogens with zero attached hydrogens (tertiary/aromatic N) is 2. The maximum atomic E-state index is 13.1. The summed E-state index contributed by atoms with van der Waals surface area (Å²) in [6.07, 6.45) is 3.86. The molecule has 2 aromatic rings. The predicted octanol–water partition coefficient (Wildman–Crippen LogP) is 4.88. The molecule has 0 radical (unpaired) electrons. The van der Waals surface area contributed by atoms with Gasteiger partial charge in [-0.15, -0.1) is 0 Å². The molecule has 2 heterocycles. The van der Waals surface area contributed by atoms with E-state index in [4.69, 9.17) is 4.74 Å². The lowest BCUT2D eigenvalue weighted by molar-refractivity contribution is -0.124. The number of amides is 1. The number of carbonyl (C=O) groups is 2. The van der Waals surface area contributed by atoms with Gasteiger partial charge in [0, 0.05) is 24.1 Å². The van der Waals surface area contributed by atoms with Crippen LogP contribution in [0.15, 0.2) is 54.6 Å². The summed E-state index contributed by atoms with van der Waals surface area (Å²) < 4.78 is 6.18. The van der Waals surface area contributed by atoms with E-state index in [-0.39, 0.29) is 17.7 Å². The average molecular weight is 503 g/mol. The van der Waals surface area contributed by atoms with Crippen molar-refractivity contribution in [3.8, 4) is 5.75 Å². The Kier molecular flexibility index (Phi) is 7.24. The number of ketones is 1.